The lowest BCUT2D eigenvalue weighted by Gasteiger charge is -2.13. The maximum Gasteiger partial charge on any atom is 0.121 e. The highest BCUT2D eigenvalue weighted by atomic mass is 16.3. The summed E-state index contributed by atoms with van der Waals surface area (Å²) in [6, 6.07) is 4.25. The lowest BCUT2D eigenvalue weighted by Crippen LogP contribution is -2.20. The van der Waals surface area contributed by atoms with Gasteiger partial charge in [0.1, 0.15) is 11.5 Å². The monoisotopic (exact) mass is 191 g/mol. The fourth-order valence-corrected chi connectivity index (χ4v) is 1.46. The molecule has 2 heteroatoms. The summed E-state index contributed by atoms with van der Waals surface area (Å²) in [4.78, 5) is 0. The summed E-state index contributed by atoms with van der Waals surface area (Å²) in [5.74, 6) is 4.59. The molecule has 1 heterocycles. The molecule has 0 radical (unpaired) electrons. The van der Waals surface area contributed by atoms with Gasteiger partial charge in [-0.2, -0.15) is 0 Å². The van der Waals surface area contributed by atoms with Crippen LogP contribution in [0, 0.1) is 19.3 Å². The van der Waals surface area contributed by atoms with E-state index in [9.17, 15) is 0 Å². The number of rotatable bonds is 5. The molecule has 0 spiro atoms. The Labute approximate surface area is 85.7 Å². The van der Waals surface area contributed by atoms with Crippen LogP contribution in [0.15, 0.2) is 16.5 Å². The maximum atomic E-state index is 5.56. The Kier molecular flexibility index (Phi) is 4.28. The summed E-state index contributed by atoms with van der Waals surface area (Å²) >= 11 is 0. The third kappa shape index (κ3) is 2.93. The molecule has 1 aromatic heterocycles. The summed E-state index contributed by atoms with van der Waals surface area (Å²) in [6.45, 7) is 4.96. The lowest BCUT2D eigenvalue weighted by atomic mass is 10.1. The smallest absolute Gasteiger partial charge is 0.121 e. The van der Waals surface area contributed by atoms with Crippen LogP contribution in [0.3, 0.4) is 0 Å². The largest absolute Gasteiger partial charge is 0.465 e. The Morgan fingerprint density at radius 1 is 1.57 bits per heavy atom. The molecule has 0 aliphatic heterocycles. The Balaban J connectivity index is 2.63. The summed E-state index contributed by atoms with van der Waals surface area (Å²) in [7, 11) is 0. The van der Waals surface area contributed by atoms with E-state index in [1.54, 1.807) is 0 Å². The molecule has 2 nitrogen and oxygen atoms in total. The quantitative estimate of drug-likeness (QED) is 0.724. The zero-order valence-electron chi connectivity index (χ0n) is 8.84. The van der Waals surface area contributed by atoms with Crippen LogP contribution in [0.1, 0.15) is 37.3 Å². The highest BCUT2D eigenvalue weighted by Crippen LogP contribution is 2.20. The van der Waals surface area contributed by atoms with Crippen molar-refractivity contribution in [3.8, 4) is 12.3 Å². The first-order chi connectivity index (χ1) is 6.77. The topological polar surface area (TPSA) is 25.2 Å². The van der Waals surface area contributed by atoms with E-state index in [1.165, 1.54) is 0 Å². The second-order valence-electron chi connectivity index (χ2n) is 3.30. The Morgan fingerprint density at radius 3 is 2.86 bits per heavy atom. The van der Waals surface area contributed by atoms with Gasteiger partial charge in [0, 0.05) is 6.42 Å². The zero-order valence-corrected chi connectivity index (χ0v) is 8.84. The molecule has 0 amide bonds. The molecular weight excluding hydrogens is 174 g/mol. The van der Waals surface area contributed by atoms with E-state index in [2.05, 4.69) is 18.2 Å². The molecule has 0 bridgehead atoms. The molecule has 1 rings (SSSR count). The van der Waals surface area contributed by atoms with Crippen LogP contribution in [0.4, 0.5) is 0 Å². The van der Waals surface area contributed by atoms with E-state index in [1.807, 2.05) is 19.1 Å². The molecule has 1 N–H and O–H groups in total. The number of furan rings is 1. The van der Waals surface area contributed by atoms with Gasteiger partial charge in [-0.15, -0.1) is 12.3 Å². The zero-order chi connectivity index (χ0) is 10.4. The minimum Gasteiger partial charge on any atom is -0.465 e. The molecule has 1 unspecified atom stereocenters. The highest BCUT2D eigenvalue weighted by molar-refractivity contribution is 5.10. The minimum absolute atomic E-state index is 0.254. The van der Waals surface area contributed by atoms with Crippen molar-refractivity contribution in [1.29, 1.82) is 0 Å². The SMILES string of the molecule is C#CCCC(NCC)c1ccc(C)o1. The van der Waals surface area contributed by atoms with E-state index in [0.29, 0.717) is 0 Å². The average molecular weight is 191 g/mol. The van der Waals surface area contributed by atoms with Gasteiger partial charge in [-0.05, 0) is 32.0 Å². The highest BCUT2D eigenvalue weighted by Gasteiger charge is 2.12. The van der Waals surface area contributed by atoms with Crippen LogP contribution in [0.25, 0.3) is 0 Å². The number of hydrogen-bond donors (Lipinski definition) is 1. The standard InChI is InChI=1S/C12H17NO/c1-4-6-7-11(13-5-2)12-9-8-10(3)14-12/h1,8-9,11,13H,5-7H2,2-3H3. The molecule has 0 saturated carbocycles. The predicted octanol–water partition coefficient (Wildman–Crippen LogP) is 2.65. The maximum absolute atomic E-state index is 5.56. The third-order valence-electron chi connectivity index (χ3n) is 2.13. The van der Waals surface area contributed by atoms with Gasteiger partial charge < -0.3 is 9.73 Å². The van der Waals surface area contributed by atoms with Gasteiger partial charge in [0.05, 0.1) is 6.04 Å². The number of hydrogen-bond acceptors (Lipinski definition) is 2. The first-order valence-corrected chi connectivity index (χ1v) is 5.01. The molecule has 1 aromatic rings. The van der Waals surface area contributed by atoms with Crippen LogP contribution in [-0.2, 0) is 0 Å². The summed E-state index contributed by atoms with van der Waals surface area (Å²) < 4.78 is 5.56. The fourth-order valence-electron chi connectivity index (χ4n) is 1.46. The number of terminal acetylenes is 1. The minimum atomic E-state index is 0.254. The van der Waals surface area contributed by atoms with Crippen LogP contribution in [0.5, 0.6) is 0 Å². The summed E-state index contributed by atoms with van der Waals surface area (Å²) in [5, 5.41) is 3.36. The van der Waals surface area contributed by atoms with Gasteiger partial charge in [0.15, 0.2) is 0 Å². The second-order valence-corrected chi connectivity index (χ2v) is 3.30. The van der Waals surface area contributed by atoms with Crippen LogP contribution in [0.2, 0.25) is 0 Å². The van der Waals surface area contributed by atoms with Gasteiger partial charge in [-0.25, -0.2) is 0 Å². The molecule has 0 aromatic carbocycles. The molecule has 1 atom stereocenters. The second kappa shape index (κ2) is 5.51. The van der Waals surface area contributed by atoms with Crippen molar-refractivity contribution in [2.45, 2.75) is 32.7 Å². The van der Waals surface area contributed by atoms with Gasteiger partial charge in [-0.3, -0.25) is 0 Å². The number of aryl methyl sites for hydroxylation is 1. The van der Waals surface area contributed by atoms with Crippen molar-refractivity contribution < 1.29 is 4.42 Å². The molecule has 0 saturated heterocycles. The normalized spacial score (nSPS) is 12.4. The van der Waals surface area contributed by atoms with E-state index in [-0.39, 0.29) is 6.04 Å². The van der Waals surface area contributed by atoms with Crippen molar-refractivity contribution in [2.24, 2.45) is 0 Å². The average Bonchev–Trinajstić information content (AvgIpc) is 2.59. The summed E-state index contributed by atoms with van der Waals surface area (Å²) in [6.07, 6.45) is 6.95. The van der Waals surface area contributed by atoms with Crippen molar-refractivity contribution in [2.75, 3.05) is 6.54 Å². The predicted molar refractivity (Wildman–Crippen MR) is 57.9 cm³/mol. The van der Waals surface area contributed by atoms with Gasteiger partial charge >= 0.3 is 0 Å². The van der Waals surface area contributed by atoms with Gasteiger partial charge in [0.2, 0.25) is 0 Å². The van der Waals surface area contributed by atoms with E-state index in [0.717, 1.165) is 30.9 Å². The number of nitrogens with one attached hydrogen (secondary N) is 1. The van der Waals surface area contributed by atoms with E-state index >= 15 is 0 Å². The molecule has 0 aliphatic carbocycles. The van der Waals surface area contributed by atoms with Crippen LogP contribution in [-0.4, -0.2) is 6.54 Å². The molecular formula is C12H17NO. The first-order valence-electron chi connectivity index (χ1n) is 5.01. The Morgan fingerprint density at radius 2 is 2.36 bits per heavy atom. The van der Waals surface area contributed by atoms with Gasteiger partial charge in [0.25, 0.3) is 0 Å². The summed E-state index contributed by atoms with van der Waals surface area (Å²) in [5.41, 5.74) is 0. The lowest BCUT2D eigenvalue weighted by molar-refractivity contribution is 0.393. The third-order valence-corrected chi connectivity index (χ3v) is 2.13. The Bertz CT molecular complexity index is 308. The van der Waals surface area contributed by atoms with E-state index < -0.39 is 0 Å². The van der Waals surface area contributed by atoms with Gasteiger partial charge in [-0.1, -0.05) is 6.92 Å². The van der Waals surface area contributed by atoms with Crippen LogP contribution >= 0.6 is 0 Å². The molecule has 76 valence electrons. The fraction of sp³-hybridized carbons (Fsp3) is 0.500. The molecule has 0 aliphatic rings. The van der Waals surface area contributed by atoms with Crippen LogP contribution < -0.4 is 5.32 Å². The molecule has 14 heavy (non-hydrogen) atoms. The van der Waals surface area contributed by atoms with E-state index in [4.69, 9.17) is 10.8 Å². The van der Waals surface area contributed by atoms with Crippen molar-refractivity contribution in [1.82, 2.24) is 5.32 Å². The van der Waals surface area contributed by atoms with Crippen molar-refractivity contribution >= 4 is 0 Å². The molecule has 0 fully saturated rings. The Hall–Kier alpha value is -1.20. The van der Waals surface area contributed by atoms with Crippen molar-refractivity contribution in [3.05, 3.63) is 23.7 Å². The van der Waals surface area contributed by atoms with Crippen molar-refractivity contribution in [3.63, 3.8) is 0 Å². The first kappa shape index (κ1) is 10.9.